The van der Waals surface area contributed by atoms with Crippen molar-refractivity contribution < 1.29 is 23.2 Å². The number of rotatable bonds is 5. The van der Waals surface area contributed by atoms with Crippen LogP contribution in [-0.4, -0.2) is 52.1 Å². The minimum atomic E-state index is -1.04. The van der Waals surface area contributed by atoms with Crippen molar-refractivity contribution in [1.82, 2.24) is 10.0 Å². The monoisotopic (exact) mass is 594 g/mol. The van der Waals surface area contributed by atoms with Crippen molar-refractivity contribution in [2.45, 2.75) is 44.3 Å². The normalized spacial score (nSPS) is 25.1. The summed E-state index contributed by atoms with van der Waals surface area (Å²) >= 11 is 0. The molecule has 1 saturated heterocycles. The molecule has 0 N–H and O–H groups in total. The number of hydrogen-bond acceptors (Lipinski definition) is 7. The number of amides is 3. The molecule has 3 amide bonds. The van der Waals surface area contributed by atoms with E-state index in [0.717, 1.165) is 52.1 Å². The summed E-state index contributed by atoms with van der Waals surface area (Å²) in [5, 5.41) is 15.6. The summed E-state index contributed by atoms with van der Waals surface area (Å²) in [6.45, 7) is 1.58. The third-order valence-corrected chi connectivity index (χ3v) is 8.63. The minimum absolute atomic E-state index is 0.149. The highest BCUT2D eigenvalue weighted by Crippen LogP contribution is 2.45. The fraction of sp³-hybridized carbons (Fsp3) is 0.273. The number of carbonyl (C=O) groups excluding carboxylic acids is 3. The van der Waals surface area contributed by atoms with Crippen molar-refractivity contribution in [3.05, 3.63) is 107 Å². The molecule has 3 aromatic carbocycles. The summed E-state index contributed by atoms with van der Waals surface area (Å²) in [6, 6.07) is 16.6. The number of hydrogen-bond donors (Lipinski definition) is 0. The molecule has 44 heavy (non-hydrogen) atoms. The first kappa shape index (κ1) is 27.8. The van der Waals surface area contributed by atoms with E-state index in [4.69, 9.17) is 5.10 Å². The molecular formula is C33H28F2N6O3. The molecule has 0 bridgehead atoms. The third kappa shape index (κ3) is 4.78. The van der Waals surface area contributed by atoms with Crippen molar-refractivity contribution in [3.63, 3.8) is 0 Å². The van der Waals surface area contributed by atoms with Crippen LogP contribution in [0.15, 0.2) is 93.8 Å². The van der Waals surface area contributed by atoms with Crippen LogP contribution in [-0.2, 0) is 14.4 Å². The molecule has 2 fully saturated rings. The van der Waals surface area contributed by atoms with E-state index >= 15 is 0 Å². The molecule has 9 nitrogen and oxygen atoms in total. The maximum atomic E-state index is 14.0. The van der Waals surface area contributed by atoms with Crippen LogP contribution in [0.1, 0.15) is 42.0 Å². The van der Waals surface area contributed by atoms with Gasteiger partial charge in [-0.2, -0.15) is 10.2 Å². The van der Waals surface area contributed by atoms with Crippen LogP contribution in [0, 0.1) is 24.5 Å². The van der Waals surface area contributed by atoms with Crippen LogP contribution in [0.25, 0.3) is 6.08 Å². The Kier molecular flexibility index (Phi) is 6.87. The van der Waals surface area contributed by atoms with Crippen LogP contribution >= 0.6 is 0 Å². The highest BCUT2D eigenvalue weighted by atomic mass is 19.1. The standard InChI is InChI=1S/C33H28F2N6O3/c1-19-5-15-25(16-6-19)40-32(43)29-31(33(40)44)39(38-36-29)18-27(42)41-30(21-9-13-24(35)14-10-21)26-4-2-3-22(28(26)37-41)17-20-7-11-23(34)12-8-20/h5-17,26,29-31H,2-4,18H2,1H3/b22-17+/t26-,29+,30+,31-/m0/s1. The summed E-state index contributed by atoms with van der Waals surface area (Å²) in [6.07, 6.45) is 4.31. The average Bonchev–Trinajstić information content (AvgIpc) is 3.69. The minimum Gasteiger partial charge on any atom is -0.271 e. The lowest BCUT2D eigenvalue weighted by molar-refractivity contribution is -0.136. The third-order valence-electron chi connectivity index (χ3n) is 8.63. The lowest BCUT2D eigenvalue weighted by atomic mass is 9.77. The fourth-order valence-electron chi connectivity index (χ4n) is 6.47. The number of carbonyl (C=O) groups is 3. The Morgan fingerprint density at radius 3 is 2.30 bits per heavy atom. The molecule has 3 heterocycles. The largest absolute Gasteiger partial charge is 0.271 e. The number of fused-ring (bicyclic) bond motifs is 2. The number of aryl methyl sites for hydroxylation is 1. The van der Waals surface area contributed by atoms with Gasteiger partial charge in [0.05, 0.1) is 17.4 Å². The van der Waals surface area contributed by atoms with Gasteiger partial charge in [-0.05, 0) is 85.4 Å². The Labute approximate surface area is 252 Å². The average molecular weight is 595 g/mol. The van der Waals surface area contributed by atoms with Crippen molar-refractivity contribution in [2.24, 2.45) is 21.4 Å². The molecule has 4 atom stereocenters. The zero-order valence-corrected chi connectivity index (χ0v) is 23.8. The molecule has 0 spiro atoms. The molecule has 1 saturated carbocycles. The summed E-state index contributed by atoms with van der Waals surface area (Å²) in [7, 11) is 0. The van der Waals surface area contributed by atoms with E-state index in [1.165, 1.54) is 34.3 Å². The molecule has 11 heteroatoms. The predicted molar refractivity (Wildman–Crippen MR) is 158 cm³/mol. The summed E-state index contributed by atoms with van der Waals surface area (Å²) < 4.78 is 27.4. The van der Waals surface area contributed by atoms with Gasteiger partial charge in [0, 0.05) is 5.92 Å². The topological polar surface area (TPSA) is 98.0 Å². The van der Waals surface area contributed by atoms with Gasteiger partial charge >= 0.3 is 0 Å². The molecule has 0 aromatic heterocycles. The van der Waals surface area contributed by atoms with Gasteiger partial charge in [0.1, 0.15) is 18.2 Å². The number of nitrogens with zero attached hydrogens (tertiary/aromatic N) is 6. The van der Waals surface area contributed by atoms with E-state index in [9.17, 15) is 23.2 Å². The van der Waals surface area contributed by atoms with Crippen molar-refractivity contribution in [3.8, 4) is 0 Å². The molecule has 222 valence electrons. The fourth-order valence-corrected chi connectivity index (χ4v) is 6.47. The van der Waals surface area contributed by atoms with Crippen LogP contribution < -0.4 is 4.90 Å². The van der Waals surface area contributed by atoms with Gasteiger partial charge < -0.3 is 0 Å². The quantitative estimate of drug-likeness (QED) is 0.370. The Bertz CT molecular complexity index is 1740. The number of benzene rings is 3. The number of imide groups is 1. The smallest absolute Gasteiger partial charge is 0.264 e. The Balaban J connectivity index is 1.18. The molecule has 3 aliphatic heterocycles. The van der Waals surface area contributed by atoms with Gasteiger partial charge in [-0.3, -0.25) is 19.4 Å². The zero-order valence-electron chi connectivity index (χ0n) is 23.8. The SMILES string of the molecule is Cc1ccc(N2C(=O)[C@@H]3[C@@H](N=NN3CC(=O)N3N=C4/C(=C/c5ccc(F)cc5)CCC[C@@H]4[C@H]3c3ccc(F)cc3)C2=O)cc1. The predicted octanol–water partition coefficient (Wildman–Crippen LogP) is 5.39. The summed E-state index contributed by atoms with van der Waals surface area (Å²) in [5.74, 6) is -2.29. The maximum absolute atomic E-state index is 14.0. The highest BCUT2D eigenvalue weighted by Gasteiger charge is 2.55. The van der Waals surface area contributed by atoms with Crippen LogP contribution in [0.2, 0.25) is 0 Å². The van der Waals surface area contributed by atoms with Gasteiger partial charge in [0.25, 0.3) is 17.7 Å². The molecule has 7 rings (SSSR count). The first-order chi connectivity index (χ1) is 21.3. The lowest BCUT2D eigenvalue weighted by Crippen LogP contribution is -2.45. The molecule has 0 radical (unpaired) electrons. The second kappa shape index (κ2) is 10.9. The van der Waals surface area contributed by atoms with E-state index in [2.05, 4.69) is 10.3 Å². The van der Waals surface area contributed by atoms with Gasteiger partial charge in [0.2, 0.25) is 0 Å². The summed E-state index contributed by atoms with van der Waals surface area (Å²) in [5.41, 5.74) is 4.67. The molecular weight excluding hydrogens is 566 g/mol. The first-order valence-corrected chi connectivity index (χ1v) is 14.5. The summed E-state index contributed by atoms with van der Waals surface area (Å²) in [4.78, 5) is 41.7. The Hall–Kier alpha value is -5.06. The number of allylic oxidation sites excluding steroid dienone is 1. The Morgan fingerprint density at radius 2 is 1.59 bits per heavy atom. The van der Waals surface area contributed by atoms with Crippen LogP contribution in [0.4, 0.5) is 14.5 Å². The van der Waals surface area contributed by atoms with Gasteiger partial charge in [-0.15, -0.1) is 0 Å². The van der Waals surface area contributed by atoms with Crippen LogP contribution in [0.3, 0.4) is 0 Å². The Morgan fingerprint density at radius 1 is 0.909 bits per heavy atom. The molecule has 3 aromatic rings. The van der Waals surface area contributed by atoms with E-state index in [-0.39, 0.29) is 18.3 Å². The van der Waals surface area contributed by atoms with Gasteiger partial charge in [-0.25, -0.2) is 18.7 Å². The lowest BCUT2D eigenvalue weighted by Gasteiger charge is -2.30. The van der Waals surface area contributed by atoms with E-state index in [1.54, 1.807) is 36.4 Å². The molecule has 0 unspecified atom stereocenters. The second-order valence-electron chi connectivity index (χ2n) is 11.5. The first-order valence-electron chi connectivity index (χ1n) is 14.5. The van der Waals surface area contributed by atoms with E-state index in [0.29, 0.717) is 5.69 Å². The van der Waals surface area contributed by atoms with Crippen molar-refractivity contribution in [2.75, 3.05) is 11.4 Å². The van der Waals surface area contributed by atoms with Gasteiger partial charge in [0.15, 0.2) is 12.1 Å². The van der Waals surface area contributed by atoms with E-state index < -0.39 is 41.7 Å². The second-order valence-corrected chi connectivity index (χ2v) is 11.5. The van der Waals surface area contributed by atoms with Crippen molar-refractivity contribution in [1.29, 1.82) is 0 Å². The number of halogens is 2. The molecule has 4 aliphatic rings. The number of anilines is 1. The zero-order chi connectivity index (χ0) is 30.5. The van der Waals surface area contributed by atoms with Crippen molar-refractivity contribution >= 4 is 35.2 Å². The number of hydrazone groups is 1. The van der Waals surface area contributed by atoms with E-state index in [1.807, 2.05) is 25.1 Å². The maximum Gasteiger partial charge on any atom is 0.264 e. The highest BCUT2D eigenvalue weighted by molar-refractivity contribution is 6.25. The van der Waals surface area contributed by atoms with Gasteiger partial charge in [-0.1, -0.05) is 47.2 Å². The molecule has 1 aliphatic carbocycles. The van der Waals surface area contributed by atoms with Crippen LogP contribution in [0.5, 0.6) is 0 Å².